The zero-order valence-corrected chi connectivity index (χ0v) is 12.4. The van der Waals surface area contributed by atoms with Gasteiger partial charge in [0.15, 0.2) is 0 Å². The highest BCUT2D eigenvalue weighted by Crippen LogP contribution is 2.24. The predicted octanol–water partition coefficient (Wildman–Crippen LogP) is 2.74. The van der Waals surface area contributed by atoms with E-state index in [-0.39, 0.29) is 5.91 Å². The number of aromatic nitrogens is 1. The van der Waals surface area contributed by atoms with E-state index < -0.39 is 0 Å². The molecule has 1 aromatic carbocycles. The van der Waals surface area contributed by atoms with Crippen molar-refractivity contribution < 1.29 is 4.79 Å². The Morgan fingerprint density at radius 1 is 1.30 bits per heavy atom. The number of halogens is 1. The summed E-state index contributed by atoms with van der Waals surface area (Å²) >= 11 is 3.35. The van der Waals surface area contributed by atoms with Gasteiger partial charge in [-0.1, -0.05) is 12.1 Å². The summed E-state index contributed by atoms with van der Waals surface area (Å²) in [4.78, 5) is 16.4. The number of hydrogen-bond donors (Lipinski definition) is 2. The molecule has 0 unspecified atom stereocenters. The van der Waals surface area contributed by atoms with Crippen LogP contribution in [0.1, 0.15) is 21.6 Å². The fourth-order valence-electron chi connectivity index (χ4n) is 2.37. The molecular formula is C15H14BrN3O. The zero-order valence-electron chi connectivity index (χ0n) is 10.8. The van der Waals surface area contributed by atoms with Gasteiger partial charge in [-0.15, -0.1) is 0 Å². The first kappa shape index (κ1) is 13.3. The first-order chi connectivity index (χ1) is 9.75. The van der Waals surface area contributed by atoms with Gasteiger partial charge in [0, 0.05) is 22.9 Å². The first-order valence-corrected chi connectivity index (χ1v) is 7.28. The second kappa shape index (κ2) is 5.73. The summed E-state index contributed by atoms with van der Waals surface area (Å²) in [6, 6.07) is 9.62. The van der Waals surface area contributed by atoms with Crippen molar-refractivity contribution in [3.63, 3.8) is 0 Å². The highest BCUT2D eigenvalue weighted by atomic mass is 79.9. The van der Waals surface area contributed by atoms with Crippen LogP contribution in [0.4, 0.5) is 5.69 Å². The lowest BCUT2D eigenvalue weighted by molar-refractivity contribution is 0.102. The Hall–Kier alpha value is -1.72. The van der Waals surface area contributed by atoms with Crippen LogP contribution in [-0.2, 0) is 13.0 Å². The molecule has 0 aliphatic carbocycles. The predicted molar refractivity (Wildman–Crippen MR) is 81.7 cm³/mol. The third kappa shape index (κ3) is 2.59. The van der Waals surface area contributed by atoms with Gasteiger partial charge in [-0.3, -0.25) is 4.79 Å². The molecule has 2 aromatic rings. The normalized spacial score (nSPS) is 13.7. The minimum atomic E-state index is -0.198. The first-order valence-electron chi connectivity index (χ1n) is 6.49. The molecule has 1 aliphatic heterocycles. The van der Waals surface area contributed by atoms with Crippen LogP contribution < -0.4 is 10.6 Å². The molecule has 4 nitrogen and oxygen atoms in total. The summed E-state index contributed by atoms with van der Waals surface area (Å²) in [7, 11) is 0. The van der Waals surface area contributed by atoms with Crippen LogP contribution in [0.5, 0.6) is 0 Å². The van der Waals surface area contributed by atoms with Crippen molar-refractivity contribution in [2.24, 2.45) is 0 Å². The number of rotatable bonds is 2. The van der Waals surface area contributed by atoms with Crippen LogP contribution in [0.25, 0.3) is 0 Å². The molecule has 20 heavy (non-hydrogen) atoms. The molecule has 2 N–H and O–H groups in total. The van der Waals surface area contributed by atoms with Gasteiger partial charge in [-0.25, -0.2) is 4.98 Å². The van der Waals surface area contributed by atoms with Gasteiger partial charge in [-0.2, -0.15) is 0 Å². The number of nitrogens with zero attached hydrogens (tertiary/aromatic N) is 1. The number of anilines is 1. The van der Waals surface area contributed by atoms with Gasteiger partial charge in [-0.05, 0) is 58.2 Å². The number of fused-ring (bicyclic) bond motifs is 1. The van der Waals surface area contributed by atoms with Gasteiger partial charge in [0.25, 0.3) is 5.91 Å². The highest BCUT2D eigenvalue weighted by molar-refractivity contribution is 9.10. The van der Waals surface area contributed by atoms with Gasteiger partial charge >= 0.3 is 0 Å². The Balaban J connectivity index is 1.89. The van der Waals surface area contributed by atoms with Crippen molar-refractivity contribution in [1.82, 2.24) is 10.3 Å². The molecule has 1 aromatic heterocycles. The van der Waals surface area contributed by atoms with Crippen LogP contribution in [-0.4, -0.2) is 17.4 Å². The minimum Gasteiger partial charge on any atom is -0.320 e. The molecule has 0 saturated carbocycles. The van der Waals surface area contributed by atoms with Crippen molar-refractivity contribution in [2.45, 2.75) is 13.0 Å². The summed E-state index contributed by atoms with van der Waals surface area (Å²) in [6.45, 7) is 1.77. The topological polar surface area (TPSA) is 54.0 Å². The monoisotopic (exact) mass is 331 g/mol. The average Bonchev–Trinajstić information content (AvgIpc) is 2.48. The average molecular weight is 332 g/mol. The van der Waals surface area contributed by atoms with Crippen molar-refractivity contribution in [2.75, 3.05) is 11.9 Å². The molecule has 0 bridgehead atoms. The standard InChI is InChI=1S/C15H14BrN3O/c16-12-4-2-7-18-14(12)15(20)19-13-5-1-3-10-6-8-17-9-11(10)13/h1-5,7,17H,6,8-9H2,(H,19,20). The molecule has 2 heterocycles. The molecule has 5 heteroatoms. The maximum atomic E-state index is 12.3. The van der Waals surface area contributed by atoms with E-state index in [4.69, 9.17) is 0 Å². The molecular weight excluding hydrogens is 318 g/mol. The summed E-state index contributed by atoms with van der Waals surface area (Å²) in [6.07, 6.45) is 2.61. The molecule has 0 fully saturated rings. The lowest BCUT2D eigenvalue weighted by Gasteiger charge is -2.20. The van der Waals surface area contributed by atoms with E-state index in [0.29, 0.717) is 10.2 Å². The van der Waals surface area contributed by atoms with Crippen LogP contribution in [0.15, 0.2) is 41.0 Å². The molecule has 3 rings (SSSR count). The highest BCUT2D eigenvalue weighted by Gasteiger charge is 2.16. The van der Waals surface area contributed by atoms with Crippen LogP contribution in [0.3, 0.4) is 0 Å². The zero-order chi connectivity index (χ0) is 13.9. The second-order valence-electron chi connectivity index (χ2n) is 4.66. The van der Waals surface area contributed by atoms with Gasteiger partial charge in [0.05, 0.1) is 0 Å². The molecule has 1 aliphatic rings. The Kier molecular flexibility index (Phi) is 3.80. The molecule has 0 radical (unpaired) electrons. The fourth-order valence-corrected chi connectivity index (χ4v) is 2.80. The van der Waals surface area contributed by atoms with Crippen LogP contribution in [0, 0.1) is 0 Å². The third-order valence-electron chi connectivity index (χ3n) is 3.37. The van der Waals surface area contributed by atoms with E-state index in [1.807, 2.05) is 18.2 Å². The molecule has 0 spiro atoms. The number of carbonyl (C=O) groups is 1. The second-order valence-corrected chi connectivity index (χ2v) is 5.51. The number of carbonyl (C=O) groups excluding carboxylic acids is 1. The van der Waals surface area contributed by atoms with Gasteiger partial charge < -0.3 is 10.6 Å². The maximum Gasteiger partial charge on any atom is 0.275 e. The lowest BCUT2D eigenvalue weighted by Crippen LogP contribution is -2.25. The molecule has 102 valence electrons. The Morgan fingerprint density at radius 2 is 2.20 bits per heavy atom. The summed E-state index contributed by atoms with van der Waals surface area (Å²) < 4.78 is 0.695. The van der Waals surface area contributed by atoms with Crippen LogP contribution >= 0.6 is 15.9 Å². The van der Waals surface area contributed by atoms with Crippen LogP contribution in [0.2, 0.25) is 0 Å². The number of nitrogens with one attached hydrogen (secondary N) is 2. The number of amides is 1. The van der Waals surface area contributed by atoms with Crippen molar-refractivity contribution >= 4 is 27.5 Å². The summed E-state index contributed by atoms with van der Waals surface area (Å²) in [5.41, 5.74) is 3.71. The van der Waals surface area contributed by atoms with E-state index in [0.717, 1.165) is 25.2 Å². The Bertz CT molecular complexity index is 657. The number of benzene rings is 1. The van der Waals surface area contributed by atoms with Crippen molar-refractivity contribution in [3.8, 4) is 0 Å². The summed E-state index contributed by atoms with van der Waals surface area (Å²) in [5.74, 6) is -0.198. The number of hydrogen-bond acceptors (Lipinski definition) is 3. The third-order valence-corrected chi connectivity index (χ3v) is 4.01. The van der Waals surface area contributed by atoms with E-state index in [2.05, 4.69) is 37.6 Å². The fraction of sp³-hybridized carbons (Fsp3) is 0.200. The molecule has 0 atom stereocenters. The quantitative estimate of drug-likeness (QED) is 0.889. The maximum absolute atomic E-state index is 12.3. The summed E-state index contributed by atoms with van der Waals surface area (Å²) in [5, 5.41) is 6.29. The smallest absolute Gasteiger partial charge is 0.275 e. The Morgan fingerprint density at radius 3 is 3.05 bits per heavy atom. The van der Waals surface area contributed by atoms with E-state index in [1.165, 1.54) is 11.1 Å². The van der Waals surface area contributed by atoms with Crippen molar-refractivity contribution in [1.29, 1.82) is 0 Å². The minimum absolute atomic E-state index is 0.198. The van der Waals surface area contributed by atoms with E-state index in [1.54, 1.807) is 12.3 Å². The lowest BCUT2D eigenvalue weighted by atomic mass is 9.99. The molecule has 1 amide bonds. The largest absolute Gasteiger partial charge is 0.320 e. The molecule has 0 saturated heterocycles. The SMILES string of the molecule is O=C(Nc1cccc2c1CNCC2)c1ncccc1Br. The van der Waals surface area contributed by atoms with Gasteiger partial charge in [0.2, 0.25) is 0 Å². The van der Waals surface area contributed by atoms with Gasteiger partial charge in [0.1, 0.15) is 5.69 Å². The number of pyridine rings is 1. The van der Waals surface area contributed by atoms with Crippen molar-refractivity contribution in [3.05, 3.63) is 57.8 Å². The van der Waals surface area contributed by atoms with E-state index in [9.17, 15) is 4.79 Å². The Labute approximate surface area is 125 Å². The van der Waals surface area contributed by atoms with E-state index >= 15 is 0 Å².